The number of phenolic OH excluding ortho intramolecular Hbond substituents is 1. The first kappa shape index (κ1) is 15.3. The topological polar surface area (TPSA) is 46.5 Å². The molecule has 0 aliphatic rings. The smallest absolute Gasteiger partial charge is 0.419 e. The summed E-state index contributed by atoms with van der Waals surface area (Å²) in [6.45, 7) is 4.00. The number of aromatic hydroxyl groups is 1. The lowest BCUT2D eigenvalue weighted by Gasteiger charge is -2.09. The van der Waals surface area contributed by atoms with Crippen LogP contribution in [0.5, 0.6) is 5.75 Å². The molecule has 6 heteroatoms. The maximum absolute atomic E-state index is 12.3. The van der Waals surface area contributed by atoms with Gasteiger partial charge >= 0.3 is 12.1 Å². The molecule has 0 heterocycles. The fraction of sp³-hybridized carbons (Fsp3) is 0.364. The molecule has 1 rings (SSSR count). The van der Waals surface area contributed by atoms with Crippen LogP contribution in [0.4, 0.5) is 13.2 Å². The average molecular weight is 250 g/mol. The second kappa shape index (κ2) is 6.12. The number of halogens is 3. The number of benzene rings is 1. The van der Waals surface area contributed by atoms with Crippen molar-refractivity contribution < 1.29 is 27.8 Å². The normalized spacial score (nSPS) is 10.2. The summed E-state index contributed by atoms with van der Waals surface area (Å²) < 4.78 is 41.1. The monoisotopic (exact) mass is 250 g/mol. The molecule has 1 aromatic rings. The summed E-state index contributed by atoms with van der Waals surface area (Å²) in [5, 5.41) is 8.95. The highest BCUT2D eigenvalue weighted by Crippen LogP contribution is 2.36. The lowest BCUT2D eigenvalue weighted by molar-refractivity contribution is -0.138. The first-order valence-corrected chi connectivity index (χ1v) is 4.85. The Kier molecular flexibility index (Phi) is 5.50. The van der Waals surface area contributed by atoms with Gasteiger partial charge in [0.2, 0.25) is 0 Å². The van der Waals surface area contributed by atoms with Gasteiger partial charge in [0.25, 0.3) is 0 Å². The van der Waals surface area contributed by atoms with E-state index in [0.717, 1.165) is 19.2 Å². The van der Waals surface area contributed by atoms with Gasteiger partial charge in [-0.25, -0.2) is 4.79 Å². The number of alkyl halides is 3. The van der Waals surface area contributed by atoms with E-state index in [9.17, 15) is 18.0 Å². The molecule has 0 spiro atoms. The molecular formula is C11H13F3O3. The molecule has 0 bridgehead atoms. The van der Waals surface area contributed by atoms with Gasteiger partial charge in [0.1, 0.15) is 5.75 Å². The molecule has 0 amide bonds. The summed E-state index contributed by atoms with van der Waals surface area (Å²) in [5.41, 5.74) is -1.52. The molecule has 0 aliphatic carbocycles. The molecule has 0 aliphatic heterocycles. The molecule has 1 aromatic carbocycles. The zero-order valence-electron chi connectivity index (χ0n) is 9.63. The van der Waals surface area contributed by atoms with Crippen LogP contribution < -0.4 is 0 Å². The van der Waals surface area contributed by atoms with Crippen molar-refractivity contribution in [3.63, 3.8) is 0 Å². The van der Waals surface area contributed by atoms with E-state index < -0.39 is 23.5 Å². The maximum Gasteiger partial charge on any atom is 0.419 e. The SMILES string of the molecule is CC.COC(=O)c1ccc(O)c(C(F)(F)F)c1. The minimum Gasteiger partial charge on any atom is -0.507 e. The number of hydrogen-bond acceptors (Lipinski definition) is 3. The lowest BCUT2D eigenvalue weighted by atomic mass is 10.1. The minimum atomic E-state index is -4.70. The highest BCUT2D eigenvalue weighted by atomic mass is 19.4. The van der Waals surface area contributed by atoms with Crippen LogP contribution in [0.15, 0.2) is 18.2 Å². The van der Waals surface area contributed by atoms with Gasteiger partial charge in [-0.15, -0.1) is 0 Å². The Bertz CT molecular complexity index is 386. The number of phenols is 1. The van der Waals surface area contributed by atoms with E-state index in [2.05, 4.69) is 4.74 Å². The second-order valence-corrected chi connectivity index (χ2v) is 2.72. The van der Waals surface area contributed by atoms with E-state index in [1.54, 1.807) is 0 Å². The zero-order chi connectivity index (χ0) is 13.6. The quantitative estimate of drug-likeness (QED) is 0.778. The lowest BCUT2D eigenvalue weighted by Crippen LogP contribution is -2.08. The van der Waals surface area contributed by atoms with Crippen molar-refractivity contribution in [1.82, 2.24) is 0 Å². The predicted octanol–water partition coefficient (Wildman–Crippen LogP) is 3.22. The average Bonchev–Trinajstić information content (AvgIpc) is 2.30. The Labute approximate surface area is 96.8 Å². The molecule has 0 fully saturated rings. The van der Waals surface area contributed by atoms with Crippen LogP contribution in [0.1, 0.15) is 29.8 Å². The van der Waals surface area contributed by atoms with Crippen LogP contribution in [-0.2, 0) is 10.9 Å². The van der Waals surface area contributed by atoms with Gasteiger partial charge in [0.05, 0.1) is 18.2 Å². The largest absolute Gasteiger partial charge is 0.507 e. The number of ether oxygens (including phenoxy) is 1. The number of carbonyl (C=O) groups is 1. The van der Waals surface area contributed by atoms with Crippen molar-refractivity contribution in [2.75, 3.05) is 7.11 Å². The fourth-order valence-electron chi connectivity index (χ4n) is 1.01. The van der Waals surface area contributed by atoms with Gasteiger partial charge in [0, 0.05) is 0 Å². The van der Waals surface area contributed by atoms with Crippen molar-refractivity contribution in [2.45, 2.75) is 20.0 Å². The molecule has 0 aromatic heterocycles. The van der Waals surface area contributed by atoms with Gasteiger partial charge in [-0.3, -0.25) is 0 Å². The highest BCUT2D eigenvalue weighted by molar-refractivity contribution is 5.89. The van der Waals surface area contributed by atoms with Crippen molar-refractivity contribution in [1.29, 1.82) is 0 Å². The summed E-state index contributed by atoms with van der Waals surface area (Å²) in [7, 11) is 1.06. The Morgan fingerprint density at radius 2 is 1.82 bits per heavy atom. The van der Waals surface area contributed by atoms with E-state index in [0.29, 0.717) is 6.07 Å². The first-order chi connectivity index (χ1) is 7.86. The molecule has 0 unspecified atom stereocenters. The van der Waals surface area contributed by atoms with E-state index in [1.807, 2.05) is 13.8 Å². The van der Waals surface area contributed by atoms with Crippen LogP contribution in [0.3, 0.4) is 0 Å². The maximum atomic E-state index is 12.3. The number of esters is 1. The van der Waals surface area contributed by atoms with Crippen molar-refractivity contribution in [3.8, 4) is 5.75 Å². The van der Waals surface area contributed by atoms with E-state index >= 15 is 0 Å². The zero-order valence-corrected chi connectivity index (χ0v) is 9.63. The molecule has 0 saturated carbocycles. The van der Waals surface area contributed by atoms with E-state index in [4.69, 9.17) is 5.11 Å². The summed E-state index contributed by atoms with van der Waals surface area (Å²) >= 11 is 0. The third-order valence-corrected chi connectivity index (χ3v) is 1.72. The Morgan fingerprint density at radius 1 is 1.29 bits per heavy atom. The fourth-order valence-corrected chi connectivity index (χ4v) is 1.01. The van der Waals surface area contributed by atoms with Crippen molar-refractivity contribution in [2.24, 2.45) is 0 Å². The molecule has 0 saturated heterocycles. The van der Waals surface area contributed by atoms with Crippen LogP contribution in [0.2, 0.25) is 0 Å². The molecule has 0 atom stereocenters. The van der Waals surface area contributed by atoms with Crippen LogP contribution in [-0.4, -0.2) is 18.2 Å². The Balaban J connectivity index is 0.00000121. The number of methoxy groups -OCH3 is 1. The van der Waals surface area contributed by atoms with Gasteiger partial charge in [-0.1, -0.05) is 13.8 Å². The summed E-state index contributed by atoms with van der Waals surface area (Å²) in [5.74, 6) is -1.81. The molecule has 96 valence electrons. The molecule has 3 nitrogen and oxygen atoms in total. The van der Waals surface area contributed by atoms with Crippen LogP contribution in [0.25, 0.3) is 0 Å². The van der Waals surface area contributed by atoms with Crippen molar-refractivity contribution in [3.05, 3.63) is 29.3 Å². The number of hydrogen-bond donors (Lipinski definition) is 1. The molecular weight excluding hydrogens is 237 g/mol. The standard InChI is InChI=1S/C9H7F3O3.C2H6/c1-15-8(14)5-2-3-7(13)6(4-5)9(10,11)12;1-2/h2-4,13H,1H3;1-2H3. The Hall–Kier alpha value is -1.72. The Morgan fingerprint density at radius 3 is 2.24 bits per heavy atom. The summed E-state index contributed by atoms with van der Waals surface area (Å²) in [4.78, 5) is 10.9. The summed E-state index contributed by atoms with van der Waals surface area (Å²) in [6.07, 6.45) is -4.70. The molecule has 1 N–H and O–H groups in total. The first-order valence-electron chi connectivity index (χ1n) is 4.85. The summed E-state index contributed by atoms with van der Waals surface area (Å²) in [6, 6.07) is 2.40. The highest BCUT2D eigenvalue weighted by Gasteiger charge is 2.34. The van der Waals surface area contributed by atoms with Crippen LogP contribution >= 0.6 is 0 Å². The van der Waals surface area contributed by atoms with Gasteiger partial charge in [0.15, 0.2) is 0 Å². The molecule has 0 radical (unpaired) electrons. The molecule has 17 heavy (non-hydrogen) atoms. The van der Waals surface area contributed by atoms with Gasteiger partial charge in [-0.05, 0) is 18.2 Å². The third kappa shape index (κ3) is 3.97. The third-order valence-electron chi connectivity index (χ3n) is 1.72. The predicted molar refractivity (Wildman–Crippen MR) is 55.8 cm³/mol. The van der Waals surface area contributed by atoms with Gasteiger partial charge < -0.3 is 9.84 Å². The van der Waals surface area contributed by atoms with E-state index in [1.165, 1.54) is 0 Å². The number of carbonyl (C=O) groups excluding carboxylic acids is 1. The second-order valence-electron chi connectivity index (χ2n) is 2.72. The van der Waals surface area contributed by atoms with Crippen molar-refractivity contribution >= 4 is 5.97 Å². The van der Waals surface area contributed by atoms with Crippen LogP contribution in [0, 0.1) is 0 Å². The number of rotatable bonds is 1. The van der Waals surface area contributed by atoms with Gasteiger partial charge in [-0.2, -0.15) is 13.2 Å². The van der Waals surface area contributed by atoms with E-state index in [-0.39, 0.29) is 5.56 Å². The minimum absolute atomic E-state index is 0.261.